The Kier molecular flexibility index (Phi) is 8.85. The zero-order valence-electron chi connectivity index (χ0n) is 11.9. The minimum absolute atomic E-state index is 0.0895. The molecule has 0 aliphatic rings. The van der Waals surface area contributed by atoms with Gasteiger partial charge in [0.15, 0.2) is 0 Å². The van der Waals surface area contributed by atoms with E-state index in [-0.39, 0.29) is 5.92 Å². The maximum Gasteiger partial charge on any atom is 0.0216 e. The highest BCUT2D eigenvalue weighted by Gasteiger charge is 2.06. The summed E-state index contributed by atoms with van der Waals surface area (Å²) in [5.41, 5.74) is 9.09. The van der Waals surface area contributed by atoms with E-state index in [2.05, 4.69) is 33.4 Å². The van der Waals surface area contributed by atoms with Gasteiger partial charge in [0.1, 0.15) is 0 Å². The third kappa shape index (κ3) is 6.36. The van der Waals surface area contributed by atoms with Gasteiger partial charge in [0.05, 0.1) is 0 Å². The second-order valence-corrected chi connectivity index (χ2v) is 4.39. The minimum atomic E-state index is 0.0895. The van der Waals surface area contributed by atoms with E-state index in [9.17, 15) is 0 Å². The van der Waals surface area contributed by atoms with E-state index in [0.29, 0.717) is 6.54 Å². The third-order valence-corrected chi connectivity index (χ3v) is 2.99. The van der Waals surface area contributed by atoms with Gasteiger partial charge < -0.3 is 11.1 Å². The summed E-state index contributed by atoms with van der Waals surface area (Å²) in [5.74, 6) is 0.0895. The van der Waals surface area contributed by atoms with Crippen molar-refractivity contribution >= 4 is 6.21 Å². The number of allylic oxidation sites excluding steroid dienone is 5. The fourth-order valence-electron chi connectivity index (χ4n) is 1.33. The standard InChI is InChI=1S/C16H26N2/c1-5-13(3)7-9-15(11-17)16(12-18)10-8-14(4)6-2/h7-10,12,15,18H,3,5-6,11,17H2,1-2,4H3/b9-7-,14-8+,16-10+,18-12?. The second kappa shape index (κ2) is 9.60. The van der Waals surface area contributed by atoms with Crippen molar-refractivity contribution in [3.05, 3.63) is 47.6 Å². The van der Waals surface area contributed by atoms with E-state index in [1.54, 1.807) is 0 Å². The Hall–Kier alpha value is -1.41. The minimum Gasteiger partial charge on any atom is -0.330 e. The Bertz CT molecular complexity index is 359. The van der Waals surface area contributed by atoms with Crippen LogP contribution < -0.4 is 5.73 Å². The molecule has 2 heteroatoms. The van der Waals surface area contributed by atoms with Gasteiger partial charge >= 0.3 is 0 Å². The zero-order chi connectivity index (χ0) is 14.0. The van der Waals surface area contributed by atoms with Crippen LogP contribution in [0.25, 0.3) is 0 Å². The summed E-state index contributed by atoms with van der Waals surface area (Å²) in [4.78, 5) is 0. The molecule has 0 aliphatic heterocycles. The number of hydrogen-bond donors (Lipinski definition) is 2. The van der Waals surface area contributed by atoms with Crippen LogP contribution in [0.15, 0.2) is 47.6 Å². The summed E-state index contributed by atoms with van der Waals surface area (Å²) < 4.78 is 0. The quantitative estimate of drug-likeness (QED) is 0.493. The SMILES string of the molecule is C=C(/C=C\C(CN)/C(C=N)=C/C=C(\C)CC)CC. The van der Waals surface area contributed by atoms with Gasteiger partial charge in [0, 0.05) is 18.7 Å². The number of nitrogens with one attached hydrogen (secondary N) is 1. The summed E-state index contributed by atoms with van der Waals surface area (Å²) in [6, 6.07) is 0. The van der Waals surface area contributed by atoms with E-state index in [1.165, 1.54) is 11.8 Å². The van der Waals surface area contributed by atoms with E-state index in [1.807, 2.05) is 18.2 Å². The highest BCUT2D eigenvalue weighted by molar-refractivity contribution is 5.77. The van der Waals surface area contributed by atoms with Gasteiger partial charge in [-0.25, -0.2) is 0 Å². The average Bonchev–Trinajstić information content (AvgIpc) is 2.41. The lowest BCUT2D eigenvalue weighted by atomic mass is 9.97. The fourth-order valence-corrected chi connectivity index (χ4v) is 1.33. The van der Waals surface area contributed by atoms with Crippen molar-refractivity contribution < 1.29 is 0 Å². The van der Waals surface area contributed by atoms with Gasteiger partial charge in [-0.3, -0.25) is 0 Å². The van der Waals surface area contributed by atoms with Crippen molar-refractivity contribution in [1.29, 1.82) is 5.41 Å². The molecule has 0 aromatic rings. The van der Waals surface area contributed by atoms with E-state index < -0.39 is 0 Å². The molecule has 0 bridgehead atoms. The topological polar surface area (TPSA) is 49.9 Å². The summed E-state index contributed by atoms with van der Waals surface area (Å²) in [6.45, 7) is 10.7. The molecular weight excluding hydrogens is 220 g/mol. The molecule has 0 aromatic carbocycles. The Morgan fingerprint density at radius 1 is 1.28 bits per heavy atom. The first-order valence-electron chi connectivity index (χ1n) is 6.52. The van der Waals surface area contributed by atoms with Gasteiger partial charge in [0.2, 0.25) is 0 Å². The predicted octanol–water partition coefficient (Wildman–Crippen LogP) is 4.02. The van der Waals surface area contributed by atoms with Gasteiger partial charge in [0.25, 0.3) is 0 Å². The first-order chi connectivity index (χ1) is 8.58. The molecule has 0 heterocycles. The maximum absolute atomic E-state index is 7.49. The lowest BCUT2D eigenvalue weighted by Crippen LogP contribution is -2.15. The van der Waals surface area contributed by atoms with Crippen LogP contribution in [0.3, 0.4) is 0 Å². The van der Waals surface area contributed by atoms with Crippen molar-refractivity contribution in [3.63, 3.8) is 0 Å². The molecule has 0 radical (unpaired) electrons. The van der Waals surface area contributed by atoms with Crippen molar-refractivity contribution in [1.82, 2.24) is 0 Å². The number of hydrogen-bond acceptors (Lipinski definition) is 2. The fraction of sp³-hybridized carbons (Fsp3) is 0.438. The van der Waals surface area contributed by atoms with Crippen molar-refractivity contribution in [2.75, 3.05) is 6.54 Å². The van der Waals surface area contributed by atoms with Gasteiger partial charge in [-0.15, -0.1) is 0 Å². The highest BCUT2D eigenvalue weighted by atomic mass is 14.5. The summed E-state index contributed by atoms with van der Waals surface area (Å²) >= 11 is 0. The first kappa shape index (κ1) is 16.6. The first-order valence-corrected chi connectivity index (χ1v) is 6.52. The Morgan fingerprint density at radius 3 is 2.39 bits per heavy atom. The van der Waals surface area contributed by atoms with Crippen LogP contribution in [0.1, 0.15) is 33.6 Å². The van der Waals surface area contributed by atoms with Gasteiger partial charge in [-0.1, -0.05) is 55.9 Å². The number of rotatable bonds is 8. The van der Waals surface area contributed by atoms with Crippen molar-refractivity contribution in [2.45, 2.75) is 33.6 Å². The molecule has 0 aliphatic carbocycles. The van der Waals surface area contributed by atoms with Crippen LogP contribution in [-0.2, 0) is 0 Å². The third-order valence-electron chi connectivity index (χ3n) is 2.99. The molecule has 0 fully saturated rings. The highest BCUT2D eigenvalue weighted by Crippen LogP contribution is 2.13. The largest absolute Gasteiger partial charge is 0.330 e. The van der Waals surface area contributed by atoms with Crippen molar-refractivity contribution in [2.24, 2.45) is 11.7 Å². The normalized spacial score (nSPS) is 14.9. The Balaban J connectivity index is 4.94. The molecule has 3 N–H and O–H groups in total. The molecule has 1 unspecified atom stereocenters. The lowest BCUT2D eigenvalue weighted by Gasteiger charge is -2.10. The van der Waals surface area contributed by atoms with Crippen LogP contribution >= 0.6 is 0 Å². The molecular formula is C16H26N2. The smallest absolute Gasteiger partial charge is 0.0216 e. The van der Waals surface area contributed by atoms with Crippen LogP contribution in [0.4, 0.5) is 0 Å². The number of nitrogens with two attached hydrogens (primary N) is 1. The predicted molar refractivity (Wildman–Crippen MR) is 82.0 cm³/mol. The van der Waals surface area contributed by atoms with Crippen LogP contribution in [0.2, 0.25) is 0 Å². The summed E-state index contributed by atoms with van der Waals surface area (Å²) in [6.07, 6.45) is 11.4. The Morgan fingerprint density at radius 2 is 1.94 bits per heavy atom. The molecule has 18 heavy (non-hydrogen) atoms. The monoisotopic (exact) mass is 246 g/mol. The van der Waals surface area contributed by atoms with E-state index >= 15 is 0 Å². The molecule has 0 amide bonds. The zero-order valence-corrected chi connectivity index (χ0v) is 11.9. The van der Waals surface area contributed by atoms with Crippen LogP contribution in [0.5, 0.6) is 0 Å². The van der Waals surface area contributed by atoms with Crippen LogP contribution in [0, 0.1) is 11.3 Å². The summed E-state index contributed by atoms with van der Waals surface area (Å²) in [5, 5.41) is 7.49. The average molecular weight is 246 g/mol. The lowest BCUT2D eigenvalue weighted by molar-refractivity contribution is 0.797. The van der Waals surface area contributed by atoms with Gasteiger partial charge in [-0.05, 0) is 25.3 Å². The van der Waals surface area contributed by atoms with Crippen LogP contribution in [-0.4, -0.2) is 12.8 Å². The molecule has 0 spiro atoms. The maximum atomic E-state index is 7.49. The second-order valence-electron chi connectivity index (χ2n) is 4.39. The molecule has 1 atom stereocenters. The Labute approximate surface area is 111 Å². The van der Waals surface area contributed by atoms with Gasteiger partial charge in [-0.2, -0.15) is 0 Å². The molecule has 2 nitrogen and oxygen atoms in total. The van der Waals surface area contributed by atoms with E-state index in [0.717, 1.165) is 24.0 Å². The van der Waals surface area contributed by atoms with E-state index in [4.69, 9.17) is 11.1 Å². The summed E-state index contributed by atoms with van der Waals surface area (Å²) in [7, 11) is 0. The molecule has 100 valence electrons. The molecule has 0 saturated carbocycles. The molecule has 0 aromatic heterocycles. The molecule has 0 rings (SSSR count). The van der Waals surface area contributed by atoms with Crippen molar-refractivity contribution in [3.8, 4) is 0 Å². The molecule has 0 saturated heterocycles.